The Morgan fingerprint density at radius 3 is 0.731 bits per heavy atom. The van der Waals surface area contributed by atoms with Crippen LogP contribution in [0.1, 0.15) is 136 Å². The average Bonchev–Trinajstić information content (AvgIpc) is 2.61. The smallest absolute Gasteiger partial charge is 0.870 e. The molecule has 0 spiro atoms. The summed E-state index contributed by atoms with van der Waals surface area (Å²) in [5, 5.41) is 0. The third-order valence-electron chi connectivity index (χ3n) is 4.06. The Bertz CT molecular complexity index is 116. The molecule has 0 heterocycles. The summed E-state index contributed by atoms with van der Waals surface area (Å²) in [6.07, 6.45) is 23.9. The molecule has 0 aliphatic rings. The zero-order valence-electron chi connectivity index (χ0n) is 18.8. The fraction of sp³-hybridized carbons (Fsp3) is 0.875. The van der Waals surface area contributed by atoms with Gasteiger partial charge in [0.05, 0.1) is 0 Å². The van der Waals surface area contributed by atoms with Gasteiger partial charge in [0.2, 0.25) is 0 Å². The van der Waals surface area contributed by atoms with Crippen LogP contribution in [0.5, 0.6) is 0 Å². The number of hydrogen-bond donors (Lipinski definition) is 0. The van der Waals surface area contributed by atoms with Crippen LogP contribution in [0.3, 0.4) is 0 Å². The van der Waals surface area contributed by atoms with Gasteiger partial charge in [0.25, 0.3) is 0 Å². The van der Waals surface area contributed by atoms with Crippen LogP contribution >= 0.6 is 0 Å². The van der Waals surface area contributed by atoms with Gasteiger partial charge in [-0.3, -0.25) is 0 Å². The molecular weight excluding hydrogens is 395 g/mol. The largest absolute Gasteiger partial charge is 4.00 e. The van der Waals surface area contributed by atoms with Crippen LogP contribution in [0.2, 0.25) is 0 Å². The third-order valence-corrected chi connectivity index (χ3v) is 4.06. The van der Waals surface area contributed by atoms with Crippen molar-refractivity contribution < 1.29 is 31.7 Å². The maximum Gasteiger partial charge on any atom is 4.00 e. The van der Waals surface area contributed by atoms with Gasteiger partial charge in [-0.2, -0.15) is 19.3 Å². The first-order valence-electron chi connectivity index (χ1n) is 11.1. The summed E-state index contributed by atoms with van der Waals surface area (Å²) < 4.78 is 0. The Morgan fingerprint density at radius 2 is 0.577 bits per heavy atom. The van der Waals surface area contributed by atoms with Gasteiger partial charge in [-0.15, -0.1) is 0 Å². The topological polar surface area (TPSA) is 30.0 Å². The van der Waals surface area contributed by atoms with E-state index in [1.54, 1.807) is 0 Å². The Morgan fingerprint density at radius 1 is 0.385 bits per heavy atom. The molecule has 0 unspecified atom stereocenters. The van der Waals surface area contributed by atoms with Crippen molar-refractivity contribution in [3.63, 3.8) is 0 Å². The molecule has 0 atom stereocenters. The molecular formula is C24H52OZr. The van der Waals surface area contributed by atoms with Crippen LogP contribution in [-0.2, 0) is 26.2 Å². The van der Waals surface area contributed by atoms with Crippen LogP contribution in [0.15, 0.2) is 0 Å². The van der Waals surface area contributed by atoms with E-state index in [0.717, 1.165) is 19.3 Å². The summed E-state index contributed by atoms with van der Waals surface area (Å²) in [6, 6.07) is 0. The Balaban J connectivity index is -0.0000000817. The van der Waals surface area contributed by atoms with E-state index in [1.165, 1.54) is 96.3 Å². The molecule has 0 radical (unpaired) electrons. The van der Waals surface area contributed by atoms with E-state index in [2.05, 4.69) is 41.5 Å². The molecule has 0 aromatic heterocycles. The molecule has 0 aliphatic carbocycles. The van der Waals surface area contributed by atoms with Crippen molar-refractivity contribution in [2.24, 2.45) is 0 Å². The molecule has 0 rings (SSSR count). The molecule has 0 fully saturated rings. The zero-order chi connectivity index (χ0) is 18.7. The summed E-state index contributed by atoms with van der Waals surface area (Å²) in [7, 11) is 0. The van der Waals surface area contributed by atoms with Crippen molar-refractivity contribution in [2.45, 2.75) is 136 Å². The van der Waals surface area contributed by atoms with Gasteiger partial charge in [-0.25, -0.2) is 0 Å². The minimum absolute atomic E-state index is 0. The van der Waals surface area contributed by atoms with Crippen LogP contribution in [0, 0.1) is 20.8 Å². The minimum Gasteiger partial charge on any atom is -0.870 e. The predicted molar refractivity (Wildman–Crippen MR) is 118 cm³/mol. The molecule has 0 amide bonds. The zero-order valence-corrected chi connectivity index (χ0v) is 21.3. The standard InChI is InChI=1S/3C8H17.H2O.Zr/c3*1-3-5-7-8-6-4-2;;/h3*1,3-8H2,2H3;1H2;/q3*-1;;+4/p-1. The van der Waals surface area contributed by atoms with E-state index in [-0.39, 0.29) is 31.7 Å². The van der Waals surface area contributed by atoms with Crippen molar-refractivity contribution in [2.75, 3.05) is 0 Å². The molecule has 0 saturated heterocycles. The van der Waals surface area contributed by atoms with Crippen molar-refractivity contribution >= 4 is 0 Å². The monoisotopic (exact) mass is 446 g/mol. The van der Waals surface area contributed by atoms with Crippen molar-refractivity contribution in [1.29, 1.82) is 0 Å². The summed E-state index contributed by atoms with van der Waals surface area (Å²) in [4.78, 5) is 0. The van der Waals surface area contributed by atoms with Gasteiger partial charge in [0, 0.05) is 0 Å². The first kappa shape index (κ1) is 37.6. The second kappa shape index (κ2) is 44.9. The van der Waals surface area contributed by atoms with Crippen molar-refractivity contribution in [3.05, 3.63) is 20.8 Å². The van der Waals surface area contributed by atoms with Gasteiger partial charge in [0.15, 0.2) is 0 Å². The van der Waals surface area contributed by atoms with Gasteiger partial charge in [0.1, 0.15) is 0 Å². The first-order chi connectivity index (χ1) is 11.7. The van der Waals surface area contributed by atoms with Crippen LogP contribution in [0.25, 0.3) is 0 Å². The predicted octanol–water partition coefficient (Wildman–Crippen LogP) is 9.36. The van der Waals surface area contributed by atoms with Crippen molar-refractivity contribution in [1.82, 2.24) is 0 Å². The second-order valence-corrected chi connectivity index (χ2v) is 6.80. The number of hydrogen-bond acceptors (Lipinski definition) is 1. The third kappa shape index (κ3) is 56.3. The molecule has 1 nitrogen and oxygen atoms in total. The quantitative estimate of drug-likeness (QED) is 0.181. The normalized spacial score (nSPS) is 9.00. The molecule has 158 valence electrons. The Kier molecular flexibility index (Phi) is 64.9. The SMILES string of the molecule is [CH2-]CCCCCCC.[CH2-]CCCCCCC.[CH2-]CCCCCCC.[OH-].[Zr+4]. The molecule has 2 heteroatoms. The fourth-order valence-corrected chi connectivity index (χ4v) is 2.34. The Hall–Kier alpha value is 0.843. The fourth-order valence-electron chi connectivity index (χ4n) is 2.34. The maximum absolute atomic E-state index is 3.78. The summed E-state index contributed by atoms with van der Waals surface area (Å²) in [5.41, 5.74) is 0. The average molecular weight is 448 g/mol. The minimum atomic E-state index is 0. The van der Waals surface area contributed by atoms with E-state index >= 15 is 0 Å². The summed E-state index contributed by atoms with van der Waals surface area (Å²) in [5.74, 6) is 0. The van der Waals surface area contributed by atoms with E-state index in [4.69, 9.17) is 0 Å². The van der Waals surface area contributed by atoms with Crippen LogP contribution in [0.4, 0.5) is 0 Å². The van der Waals surface area contributed by atoms with Gasteiger partial charge in [-0.05, 0) is 0 Å². The van der Waals surface area contributed by atoms with Gasteiger partial charge >= 0.3 is 26.2 Å². The second-order valence-electron chi connectivity index (χ2n) is 6.80. The van der Waals surface area contributed by atoms with Crippen molar-refractivity contribution in [3.8, 4) is 0 Å². The molecule has 1 N–H and O–H groups in total. The molecule has 0 aromatic rings. The van der Waals surface area contributed by atoms with Crippen LogP contribution in [-0.4, -0.2) is 5.48 Å². The first-order valence-corrected chi connectivity index (χ1v) is 11.1. The van der Waals surface area contributed by atoms with E-state index in [0.29, 0.717) is 0 Å². The summed E-state index contributed by atoms with van der Waals surface area (Å²) >= 11 is 0. The van der Waals surface area contributed by atoms with Gasteiger partial charge in [-0.1, -0.05) is 117 Å². The molecule has 0 aliphatic heterocycles. The molecule has 26 heavy (non-hydrogen) atoms. The van der Waals surface area contributed by atoms with E-state index in [1.807, 2.05) is 0 Å². The molecule has 0 saturated carbocycles. The van der Waals surface area contributed by atoms with Crippen LogP contribution < -0.4 is 0 Å². The molecule has 0 aromatic carbocycles. The van der Waals surface area contributed by atoms with E-state index in [9.17, 15) is 0 Å². The number of rotatable bonds is 15. The van der Waals surface area contributed by atoms with E-state index < -0.39 is 0 Å². The maximum atomic E-state index is 3.78. The summed E-state index contributed by atoms with van der Waals surface area (Å²) in [6.45, 7) is 18.1. The Labute approximate surface area is 188 Å². The van der Waals surface area contributed by atoms with Gasteiger partial charge < -0.3 is 26.2 Å². The number of unbranched alkanes of at least 4 members (excludes halogenated alkanes) is 15. The molecule has 0 bridgehead atoms.